The number of halogens is 3. The average molecular weight is 306 g/mol. The van der Waals surface area contributed by atoms with E-state index >= 15 is 0 Å². The molecule has 1 aromatic rings. The molecule has 1 aromatic heterocycles. The number of hydrogen-bond acceptors (Lipinski definition) is 4. The zero-order valence-corrected chi connectivity index (χ0v) is 11.8. The standard InChI is InChI=1S/C13H17F3N2OS/c14-13(15,16)12-10(6-17-9-1-2-9)20-11(18-12)5-8-3-4-19-7-8/h8-9,17H,1-7H2. The normalized spacial score (nSPS) is 23.4. The molecule has 1 N–H and O–H groups in total. The number of nitrogens with one attached hydrogen (secondary N) is 1. The number of rotatable bonds is 5. The second-order valence-corrected chi connectivity index (χ2v) is 6.63. The van der Waals surface area contributed by atoms with Crippen molar-refractivity contribution in [2.45, 2.75) is 44.4 Å². The van der Waals surface area contributed by atoms with Gasteiger partial charge in [-0.25, -0.2) is 4.98 Å². The number of thiazole rings is 1. The van der Waals surface area contributed by atoms with Crippen molar-refractivity contribution < 1.29 is 17.9 Å². The summed E-state index contributed by atoms with van der Waals surface area (Å²) in [5, 5.41) is 3.72. The van der Waals surface area contributed by atoms with Gasteiger partial charge in [0.1, 0.15) is 0 Å². The first kappa shape index (κ1) is 14.3. The SMILES string of the molecule is FC(F)(F)c1nc(CC2CCOC2)sc1CNC1CC1. The first-order valence-corrected chi connectivity index (χ1v) is 7.71. The lowest BCUT2D eigenvalue weighted by Gasteiger charge is -2.06. The lowest BCUT2D eigenvalue weighted by atomic mass is 10.1. The maximum Gasteiger partial charge on any atom is 0.434 e. The summed E-state index contributed by atoms with van der Waals surface area (Å²) in [4.78, 5) is 4.16. The summed E-state index contributed by atoms with van der Waals surface area (Å²) >= 11 is 1.19. The van der Waals surface area contributed by atoms with Gasteiger partial charge in [-0.2, -0.15) is 13.2 Å². The second kappa shape index (κ2) is 5.61. The van der Waals surface area contributed by atoms with Gasteiger partial charge in [0.05, 0.1) is 9.88 Å². The van der Waals surface area contributed by atoms with E-state index in [1.165, 1.54) is 11.3 Å². The van der Waals surface area contributed by atoms with Gasteiger partial charge in [0.15, 0.2) is 5.69 Å². The maximum atomic E-state index is 13.0. The van der Waals surface area contributed by atoms with Crippen LogP contribution >= 0.6 is 11.3 Å². The molecule has 1 saturated heterocycles. The van der Waals surface area contributed by atoms with Crippen LogP contribution in [0.25, 0.3) is 0 Å². The Balaban J connectivity index is 1.72. The third kappa shape index (κ3) is 3.51. The maximum absolute atomic E-state index is 13.0. The molecule has 1 aliphatic heterocycles. The van der Waals surface area contributed by atoms with Crippen LogP contribution in [0.3, 0.4) is 0 Å². The lowest BCUT2D eigenvalue weighted by Crippen LogP contribution is -2.18. The Bertz CT molecular complexity index is 465. The first-order chi connectivity index (χ1) is 9.52. The van der Waals surface area contributed by atoms with E-state index in [9.17, 15) is 13.2 Å². The summed E-state index contributed by atoms with van der Waals surface area (Å²) in [6.45, 7) is 1.62. The number of aromatic nitrogens is 1. The summed E-state index contributed by atoms with van der Waals surface area (Å²) in [5.74, 6) is 0.312. The minimum absolute atomic E-state index is 0.276. The number of alkyl halides is 3. The van der Waals surface area contributed by atoms with Crippen LogP contribution in [0.2, 0.25) is 0 Å². The third-order valence-electron chi connectivity index (χ3n) is 3.63. The predicted octanol–water partition coefficient (Wildman–Crippen LogP) is 2.99. The molecule has 112 valence electrons. The van der Waals surface area contributed by atoms with Crippen LogP contribution in [0.4, 0.5) is 13.2 Å². The van der Waals surface area contributed by atoms with Crippen LogP contribution in [0, 0.1) is 5.92 Å². The molecule has 1 unspecified atom stereocenters. The number of ether oxygens (including phenoxy) is 1. The first-order valence-electron chi connectivity index (χ1n) is 6.89. The van der Waals surface area contributed by atoms with Gasteiger partial charge >= 0.3 is 6.18 Å². The molecule has 1 aliphatic carbocycles. The highest BCUT2D eigenvalue weighted by molar-refractivity contribution is 7.11. The Morgan fingerprint density at radius 1 is 1.30 bits per heavy atom. The Hall–Kier alpha value is -0.660. The summed E-state index contributed by atoms with van der Waals surface area (Å²) in [6.07, 6.45) is -0.728. The molecule has 7 heteroatoms. The Morgan fingerprint density at radius 3 is 2.70 bits per heavy atom. The summed E-state index contributed by atoms with van der Waals surface area (Å²) in [7, 11) is 0. The molecule has 0 spiro atoms. The average Bonchev–Trinajstić information content (AvgIpc) is 2.88. The molecule has 0 amide bonds. The quantitative estimate of drug-likeness (QED) is 0.908. The van der Waals surface area contributed by atoms with E-state index in [2.05, 4.69) is 10.3 Å². The zero-order chi connectivity index (χ0) is 14.2. The van der Waals surface area contributed by atoms with Crippen molar-refractivity contribution in [3.05, 3.63) is 15.6 Å². The van der Waals surface area contributed by atoms with E-state index in [0.717, 1.165) is 19.3 Å². The number of nitrogens with zero attached hydrogens (tertiary/aromatic N) is 1. The van der Waals surface area contributed by atoms with Gasteiger partial charge in [-0.05, 0) is 25.2 Å². The zero-order valence-electron chi connectivity index (χ0n) is 11.0. The minimum atomic E-state index is -4.36. The van der Waals surface area contributed by atoms with Crippen molar-refractivity contribution in [1.82, 2.24) is 10.3 Å². The predicted molar refractivity (Wildman–Crippen MR) is 69.6 cm³/mol. The molecule has 1 saturated carbocycles. The van der Waals surface area contributed by atoms with Gasteiger partial charge in [-0.15, -0.1) is 11.3 Å². The highest BCUT2D eigenvalue weighted by Gasteiger charge is 2.38. The molecule has 3 nitrogen and oxygen atoms in total. The van der Waals surface area contributed by atoms with E-state index in [1.807, 2.05) is 0 Å². The van der Waals surface area contributed by atoms with Crippen LogP contribution in [-0.4, -0.2) is 24.2 Å². The molecule has 20 heavy (non-hydrogen) atoms. The minimum Gasteiger partial charge on any atom is -0.381 e. The van der Waals surface area contributed by atoms with Crippen molar-refractivity contribution in [2.24, 2.45) is 5.92 Å². The Labute approximate surface area is 119 Å². The van der Waals surface area contributed by atoms with Crippen LogP contribution in [0.15, 0.2) is 0 Å². The number of hydrogen-bond donors (Lipinski definition) is 1. The van der Waals surface area contributed by atoms with Gasteiger partial charge in [-0.1, -0.05) is 0 Å². The van der Waals surface area contributed by atoms with Crippen molar-refractivity contribution >= 4 is 11.3 Å². The van der Waals surface area contributed by atoms with Gasteiger partial charge < -0.3 is 10.1 Å². The highest BCUT2D eigenvalue weighted by atomic mass is 32.1. The largest absolute Gasteiger partial charge is 0.434 e. The van der Waals surface area contributed by atoms with Crippen molar-refractivity contribution in [1.29, 1.82) is 0 Å². The van der Waals surface area contributed by atoms with Crippen molar-refractivity contribution in [3.63, 3.8) is 0 Å². The monoisotopic (exact) mass is 306 g/mol. The highest BCUT2D eigenvalue weighted by Crippen LogP contribution is 2.36. The van der Waals surface area contributed by atoms with Gasteiger partial charge in [0.25, 0.3) is 0 Å². The van der Waals surface area contributed by atoms with Crippen LogP contribution < -0.4 is 5.32 Å². The fourth-order valence-corrected chi connectivity index (χ4v) is 3.50. The molecule has 0 bridgehead atoms. The van der Waals surface area contributed by atoms with E-state index in [-0.39, 0.29) is 6.54 Å². The van der Waals surface area contributed by atoms with Gasteiger partial charge in [0.2, 0.25) is 0 Å². The lowest BCUT2D eigenvalue weighted by molar-refractivity contribution is -0.141. The molecular formula is C13H17F3N2OS. The van der Waals surface area contributed by atoms with Crippen LogP contribution in [0.1, 0.15) is 34.8 Å². The van der Waals surface area contributed by atoms with Crippen molar-refractivity contribution in [2.75, 3.05) is 13.2 Å². The fourth-order valence-electron chi connectivity index (χ4n) is 2.34. The summed E-state index contributed by atoms with van der Waals surface area (Å²) in [6, 6.07) is 0.393. The molecule has 2 fully saturated rings. The summed E-state index contributed by atoms with van der Waals surface area (Å²) < 4.78 is 44.3. The molecule has 0 aromatic carbocycles. The molecule has 2 aliphatic rings. The molecule has 1 atom stereocenters. The van der Waals surface area contributed by atoms with E-state index in [0.29, 0.717) is 41.5 Å². The van der Waals surface area contributed by atoms with Crippen LogP contribution in [0.5, 0.6) is 0 Å². The third-order valence-corrected chi connectivity index (χ3v) is 4.70. The molecule has 3 rings (SSSR count). The van der Waals surface area contributed by atoms with E-state index in [1.54, 1.807) is 0 Å². The smallest absolute Gasteiger partial charge is 0.381 e. The molecule has 2 heterocycles. The van der Waals surface area contributed by atoms with Crippen molar-refractivity contribution in [3.8, 4) is 0 Å². The van der Waals surface area contributed by atoms with E-state index in [4.69, 9.17) is 4.74 Å². The topological polar surface area (TPSA) is 34.1 Å². The second-order valence-electron chi connectivity index (χ2n) is 5.47. The van der Waals surface area contributed by atoms with Crippen LogP contribution in [-0.2, 0) is 23.9 Å². The van der Waals surface area contributed by atoms with Gasteiger partial charge in [0, 0.05) is 32.2 Å². The molecule has 0 radical (unpaired) electrons. The summed E-state index contributed by atoms with van der Waals surface area (Å²) in [5.41, 5.74) is -0.704. The Kier molecular flexibility index (Phi) is 4.01. The fraction of sp³-hybridized carbons (Fsp3) is 0.769. The van der Waals surface area contributed by atoms with E-state index < -0.39 is 11.9 Å². The molecular weight excluding hydrogens is 289 g/mol. The van der Waals surface area contributed by atoms with Gasteiger partial charge in [-0.3, -0.25) is 0 Å². The Morgan fingerprint density at radius 2 is 2.10 bits per heavy atom.